The lowest BCUT2D eigenvalue weighted by Crippen LogP contribution is -2.52. The van der Waals surface area contributed by atoms with Gasteiger partial charge in [0, 0.05) is 30.6 Å². The molecule has 3 heterocycles. The Morgan fingerprint density at radius 2 is 1.34 bits per heavy atom. The number of rotatable bonds is 13. The van der Waals surface area contributed by atoms with Crippen LogP contribution in [0.25, 0.3) is 11.1 Å². The third-order valence-corrected chi connectivity index (χ3v) is 12.8. The van der Waals surface area contributed by atoms with E-state index in [2.05, 4.69) is 34.6 Å². The maximum Gasteiger partial charge on any atom is 0.410 e. The van der Waals surface area contributed by atoms with Gasteiger partial charge in [-0.15, -0.1) is 0 Å². The molecule has 9 rings (SSSR count). The van der Waals surface area contributed by atoms with Gasteiger partial charge in [0.1, 0.15) is 42.1 Å². The highest BCUT2D eigenvalue weighted by Crippen LogP contribution is 2.45. The zero-order valence-electron chi connectivity index (χ0n) is 35.9. The van der Waals surface area contributed by atoms with Gasteiger partial charge < -0.3 is 29.0 Å². The molecule has 3 aliphatic rings. The fourth-order valence-corrected chi connectivity index (χ4v) is 9.50. The van der Waals surface area contributed by atoms with Gasteiger partial charge in [-0.1, -0.05) is 103 Å². The van der Waals surface area contributed by atoms with Gasteiger partial charge >= 0.3 is 11.8 Å². The summed E-state index contributed by atoms with van der Waals surface area (Å²) in [7, 11) is 3.22. The summed E-state index contributed by atoms with van der Waals surface area (Å²) in [4.78, 5) is 57.8. The van der Waals surface area contributed by atoms with Crippen molar-refractivity contribution >= 4 is 12.0 Å². The zero-order valence-corrected chi connectivity index (χ0v) is 35.9. The van der Waals surface area contributed by atoms with Crippen molar-refractivity contribution in [3.05, 3.63) is 188 Å². The average Bonchev–Trinajstić information content (AvgIpc) is 4.07. The zero-order chi connectivity index (χ0) is 44.4. The Morgan fingerprint density at radius 1 is 0.766 bits per heavy atom. The quantitative estimate of drug-likeness (QED) is 0.116. The minimum atomic E-state index is -1.20. The van der Waals surface area contributed by atoms with Crippen LogP contribution in [0.1, 0.15) is 64.8 Å². The summed E-state index contributed by atoms with van der Waals surface area (Å²) in [5, 5.41) is 3.20. The van der Waals surface area contributed by atoms with E-state index in [1.165, 1.54) is 15.7 Å². The monoisotopic (exact) mass is 862 g/mol. The van der Waals surface area contributed by atoms with Gasteiger partial charge in [0.15, 0.2) is 0 Å². The normalized spacial score (nSPS) is 19.2. The molecule has 0 unspecified atom stereocenters. The van der Waals surface area contributed by atoms with Gasteiger partial charge in [0.2, 0.25) is 5.91 Å². The van der Waals surface area contributed by atoms with Crippen LogP contribution in [0.15, 0.2) is 143 Å². The third-order valence-electron chi connectivity index (χ3n) is 12.8. The fraction of sp³-hybridized carbons (Fsp3) is 0.294. The summed E-state index contributed by atoms with van der Waals surface area (Å²) in [5.41, 5.74) is 4.88. The van der Waals surface area contributed by atoms with Crippen LogP contribution in [0.4, 0.5) is 4.79 Å². The molecule has 0 bridgehead atoms. The molecule has 4 atom stereocenters. The topological polar surface area (TPSA) is 150 Å². The number of benzene rings is 5. The second kappa shape index (κ2) is 18.0. The first kappa shape index (κ1) is 42.3. The van der Waals surface area contributed by atoms with Crippen molar-refractivity contribution in [1.29, 1.82) is 0 Å². The lowest BCUT2D eigenvalue weighted by atomic mass is 9.80. The van der Waals surface area contributed by atoms with Crippen molar-refractivity contribution in [3.63, 3.8) is 0 Å². The van der Waals surface area contributed by atoms with Gasteiger partial charge in [-0.25, -0.2) is 9.59 Å². The highest BCUT2D eigenvalue weighted by atomic mass is 16.6. The van der Waals surface area contributed by atoms with Gasteiger partial charge in [-0.05, 0) is 83.0 Å². The first-order valence-electron chi connectivity index (χ1n) is 21.6. The largest absolute Gasteiger partial charge is 0.497 e. The number of likely N-dealkylation sites (tertiary alicyclic amines) is 1. The molecule has 0 spiro atoms. The molecule has 1 aromatic heterocycles. The molecule has 0 radical (unpaired) electrons. The number of aromatic amines is 1. The highest BCUT2D eigenvalue weighted by molar-refractivity contribution is 5.86. The molecule has 0 saturated carbocycles. The van der Waals surface area contributed by atoms with Crippen molar-refractivity contribution in [3.8, 4) is 22.6 Å². The van der Waals surface area contributed by atoms with Gasteiger partial charge in [0.05, 0.1) is 26.9 Å². The number of amides is 2. The van der Waals surface area contributed by atoms with Crippen LogP contribution in [-0.2, 0) is 24.6 Å². The Bertz CT molecular complexity index is 2660. The highest BCUT2D eigenvalue weighted by Gasteiger charge is 2.45. The smallest absolute Gasteiger partial charge is 0.410 e. The molecule has 6 aromatic rings. The second-order valence-corrected chi connectivity index (χ2v) is 16.4. The molecule has 2 N–H and O–H groups in total. The lowest BCUT2D eigenvalue weighted by Gasteiger charge is -2.37. The van der Waals surface area contributed by atoms with E-state index in [9.17, 15) is 19.2 Å². The first-order valence-corrected chi connectivity index (χ1v) is 21.6. The molecule has 2 aliphatic heterocycles. The standard InChI is InChI=1S/C51H50N4O9/c1-32-29-55(49(58)53-47(32)56)46-28-43(52-48(57)44-18-11-27-54(44)50(59)62-30-42-40-16-9-7-14-38(40)39-15-8-10-17-41(39)42)45(64-46)31-63-51(33-12-5-4-6-13-33,34-19-23-36(60-2)24-20-34)35-21-25-37(61-3)26-22-35/h4-10,12-17,19-26,29,42-46H,11,18,27-28,30-31H2,1-3H3,(H,52,57)(H,53,56,58)/t43-,44+,45+,46+/m0/s1. The minimum Gasteiger partial charge on any atom is -0.497 e. The maximum absolute atomic E-state index is 14.4. The number of carbonyl (C=O) groups excluding carboxylic acids is 2. The van der Waals surface area contributed by atoms with E-state index in [0.717, 1.165) is 38.9 Å². The number of aryl methyl sites for hydroxylation is 1. The molecule has 328 valence electrons. The number of nitrogens with zero attached hydrogens (tertiary/aromatic N) is 2. The van der Waals surface area contributed by atoms with E-state index < -0.39 is 47.4 Å². The number of methoxy groups -OCH3 is 2. The molecule has 64 heavy (non-hydrogen) atoms. The summed E-state index contributed by atoms with van der Waals surface area (Å²) >= 11 is 0. The maximum atomic E-state index is 14.4. The predicted molar refractivity (Wildman–Crippen MR) is 240 cm³/mol. The van der Waals surface area contributed by atoms with Crippen molar-refractivity contribution in [2.24, 2.45) is 0 Å². The summed E-state index contributed by atoms with van der Waals surface area (Å²) in [6.07, 6.45) is 0.488. The summed E-state index contributed by atoms with van der Waals surface area (Å²) < 4.78 is 32.3. The third kappa shape index (κ3) is 7.97. The molecule has 5 aromatic carbocycles. The molecular formula is C51H50N4O9. The summed E-state index contributed by atoms with van der Waals surface area (Å²) in [6, 6.07) is 39.9. The molecule has 1 aliphatic carbocycles. The van der Waals surface area contributed by atoms with E-state index >= 15 is 0 Å². The molecule has 2 amide bonds. The lowest BCUT2D eigenvalue weighted by molar-refractivity contribution is -0.127. The van der Waals surface area contributed by atoms with Gasteiger partial charge in [-0.3, -0.25) is 24.0 Å². The number of hydrogen-bond acceptors (Lipinski definition) is 9. The van der Waals surface area contributed by atoms with Gasteiger partial charge in [0.25, 0.3) is 5.56 Å². The first-order chi connectivity index (χ1) is 31.2. The van der Waals surface area contributed by atoms with Crippen molar-refractivity contribution < 1.29 is 33.3 Å². The summed E-state index contributed by atoms with van der Waals surface area (Å²) in [6.45, 7) is 2.06. The Hall–Kier alpha value is -6.96. The minimum absolute atomic E-state index is 0.0494. The molecule has 13 nitrogen and oxygen atoms in total. The van der Waals surface area contributed by atoms with Crippen LogP contribution in [0, 0.1) is 6.92 Å². The number of fused-ring (bicyclic) bond motifs is 3. The van der Waals surface area contributed by atoms with Crippen LogP contribution < -0.4 is 26.0 Å². The Kier molecular flexibility index (Phi) is 11.9. The number of nitrogens with one attached hydrogen (secondary N) is 2. The SMILES string of the molecule is COc1ccc(C(OC[C@H]2O[C@@H](n3cc(C)c(=O)[nH]c3=O)C[C@@H]2NC(=O)[C@H]2CCCN2C(=O)OCC2c3ccccc3-c3ccccc32)(c2ccccc2)c2ccc(OC)cc2)cc1. The Morgan fingerprint density at radius 3 is 1.95 bits per heavy atom. The van der Waals surface area contributed by atoms with Crippen LogP contribution in [-0.4, -0.2) is 78.6 Å². The number of hydrogen-bond donors (Lipinski definition) is 2. The molecule has 2 fully saturated rings. The molecule has 2 saturated heterocycles. The van der Waals surface area contributed by atoms with Gasteiger partial charge in [-0.2, -0.15) is 0 Å². The van der Waals surface area contributed by atoms with Crippen molar-refractivity contribution in [1.82, 2.24) is 19.8 Å². The average molecular weight is 863 g/mol. The number of ether oxygens (including phenoxy) is 5. The fourth-order valence-electron chi connectivity index (χ4n) is 9.50. The van der Waals surface area contributed by atoms with Crippen LogP contribution in [0.5, 0.6) is 11.5 Å². The van der Waals surface area contributed by atoms with E-state index in [4.69, 9.17) is 23.7 Å². The van der Waals surface area contributed by atoms with Crippen molar-refractivity contribution in [2.75, 3.05) is 34.0 Å². The number of carbonyl (C=O) groups is 2. The summed E-state index contributed by atoms with van der Waals surface area (Å²) in [5.74, 6) is 0.852. The molecular weight excluding hydrogens is 813 g/mol. The second-order valence-electron chi connectivity index (χ2n) is 16.4. The van der Waals surface area contributed by atoms with E-state index in [-0.39, 0.29) is 31.5 Å². The van der Waals surface area contributed by atoms with Crippen LogP contribution in [0.2, 0.25) is 0 Å². The Balaban J connectivity index is 0.999. The predicted octanol–water partition coefficient (Wildman–Crippen LogP) is 7.06. The van der Waals surface area contributed by atoms with Crippen LogP contribution >= 0.6 is 0 Å². The van der Waals surface area contributed by atoms with E-state index in [1.54, 1.807) is 21.1 Å². The molecule has 13 heteroatoms. The Labute approximate surface area is 370 Å². The van der Waals surface area contributed by atoms with E-state index in [1.807, 2.05) is 103 Å². The van der Waals surface area contributed by atoms with E-state index in [0.29, 0.717) is 36.4 Å². The number of aromatic nitrogens is 2. The number of H-pyrrole nitrogens is 1. The van der Waals surface area contributed by atoms with Crippen molar-refractivity contribution in [2.45, 2.75) is 62.1 Å². The van der Waals surface area contributed by atoms with Crippen LogP contribution in [0.3, 0.4) is 0 Å².